The number of fused-ring (bicyclic) bond motifs is 3. The molecule has 0 unspecified atom stereocenters. The second-order valence-corrected chi connectivity index (χ2v) is 9.28. The summed E-state index contributed by atoms with van der Waals surface area (Å²) in [5.74, 6) is -0.272. The molecule has 1 saturated carbocycles. The van der Waals surface area contributed by atoms with Crippen LogP contribution in [0, 0.1) is 17.2 Å². The minimum absolute atomic E-state index is 0.00387. The zero-order valence-corrected chi connectivity index (χ0v) is 19.5. The van der Waals surface area contributed by atoms with Crippen LogP contribution in [0.1, 0.15) is 65.0 Å². The van der Waals surface area contributed by atoms with Gasteiger partial charge in [0.15, 0.2) is 0 Å². The number of nitrogens with zero attached hydrogens (tertiary/aromatic N) is 4. The molecule has 2 N–H and O–H groups in total. The first kappa shape index (κ1) is 24.0. The number of carbonyl (C=O) groups is 1. The van der Waals surface area contributed by atoms with E-state index in [-0.39, 0.29) is 30.5 Å². The molecule has 186 valence electrons. The number of pyridine rings is 2. The molecule has 0 radical (unpaired) electrons. The van der Waals surface area contributed by atoms with Gasteiger partial charge in [0.05, 0.1) is 48.0 Å². The Kier molecular flexibility index (Phi) is 6.04. The quantitative estimate of drug-likeness (QED) is 0.536. The molecule has 0 saturated heterocycles. The van der Waals surface area contributed by atoms with Crippen molar-refractivity contribution in [3.8, 4) is 6.07 Å². The van der Waals surface area contributed by atoms with Gasteiger partial charge in [-0.3, -0.25) is 9.78 Å². The van der Waals surface area contributed by atoms with Gasteiger partial charge in [-0.25, -0.2) is 4.98 Å². The topological polar surface area (TPSA) is 105 Å². The lowest BCUT2D eigenvalue weighted by Gasteiger charge is -2.31. The summed E-state index contributed by atoms with van der Waals surface area (Å²) >= 11 is 0. The van der Waals surface area contributed by atoms with Gasteiger partial charge in [0, 0.05) is 28.8 Å². The summed E-state index contributed by atoms with van der Waals surface area (Å²) in [7, 11) is 0. The molecule has 7 nitrogen and oxygen atoms in total. The Bertz CT molecular complexity index is 1370. The highest BCUT2D eigenvalue weighted by Gasteiger charge is 2.36. The fraction of sp³-hybridized carbons (Fsp3) is 0.385. The molecule has 2 aliphatic rings. The number of nitrogens with two attached hydrogens (primary N) is 1. The first-order chi connectivity index (χ1) is 17.2. The molecule has 10 heteroatoms. The number of nitrogen functional groups attached to an aromatic ring is 1. The fourth-order valence-corrected chi connectivity index (χ4v) is 5.23. The van der Waals surface area contributed by atoms with Gasteiger partial charge in [-0.1, -0.05) is 0 Å². The van der Waals surface area contributed by atoms with Gasteiger partial charge < -0.3 is 15.4 Å². The van der Waals surface area contributed by atoms with E-state index in [2.05, 4.69) is 16.0 Å². The second-order valence-electron chi connectivity index (χ2n) is 9.28. The third kappa shape index (κ3) is 4.24. The summed E-state index contributed by atoms with van der Waals surface area (Å²) in [6, 6.07) is 9.30. The zero-order chi connectivity index (χ0) is 25.6. The number of halogens is 3. The number of anilines is 1. The summed E-state index contributed by atoms with van der Waals surface area (Å²) in [6.07, 6.45) is -1.84. The third-order valence-corrected chi connectivity index (χ3v) is 7.09. The van der Waals surface area contributed by atoms with Gasteiger partial charge in [0.2, 0.25) is 0 Å². The second kappa shape index (κ2) is 9.06. The average Bonchev–Trinajstić information content (AvgIpc) is 3.49. The van der Waals surface area contributed by atoms with Crippen LogP contribution in [-0.4, -0.2) is 26.8 Å². The van der Waals surface area contributed by atoms with Crippen molar-refractivity contribution >= 4 is 22.6 Å². The van der Waals surface area contributed by atoms with Crippen molar-refractivity contribution in [2.24, 2.45) is 5.92 Å². The van der Waals surface area contributed by atoms with E-state index in [0.29, 0.717) is 42.0 Å². The summed E-state index contributed by atoms with van der Waals surface area (Å²) in [5.41, 5.74) is 8.35. The average molecular weight is 496 g/mol. The Balaban J connectivity index is 1.52. The van der Waals surface area contributed by atoms with E-state index in [1.807, 2.05) is 6.92 Å². The fourth-order valence-electron chi connectivity index (χ4n) is 5.23. The Morgan fingerprint density at radius 3 is 2.78 bits per heavy atom. The van der Waals surface area contributed by atoms with Gasteiger partial charge in [-0.2, -0.15) is 18.4 Å². The van der Waals surface area contributed by atoms with Crippen molar-refractivity contribution in [1.82, 2.24) is 14.9 Å². The van der Waals surface area contributed by atoms with E-state index in [9.17, 15) is 23.2 Å². The molecule has 36 heavy (non-hydrogen) atoms. The molecule has 0 bridgehead atoms. The number of hydrogen-bond donors (Lipinski definition) is 1. The lowest BCUT2D eigenvalue weighted by Crippen LogP contribution is -2.41. The van der Waals surface area contributed by atoms with Crippen LogP contribution in [0.4, 0.5) is 19.0 Å². The van der Waals surface area contributed by atoms with Crippen molar-refractivity contribution < 1.29 is 22.7 Å². The number of hydrogen-bond acceptors (Lipinski definition) is 6. The van der Waals surface area contributed by atoms with Gasteiger partial charge in [0.25, 0.3) is 5.91 Å². The maximum Gasteiger partial charge on any atom is 0.417 e. The molecule has 1 fully saturated rings. The van der Waals surface area contributed by atoms with Crippen LogP contribution in [-0.2, 0) is 24.1 Å². The van der Waals surface area contributed by atoms with Crippen LogP contribution < -0.4 is 5.73 Å². The van der Waals surface area contributed by atoms with Crippen LogP contribution in [0.3, 0.4) is 0 Å². The SMILES string of the molecule is C[C@H]1OCc2c1c(N)nc1ccc(C(=O)N(Cc3ccc(C(F)(F)F)cn3)[C@@H]3CCC[C@H]3C#N)cc21. The molecule has 1 aliphatic carbocycles. The van der Waals surface area contributed by atoms with Crippen LogP contribution in [0.15, 0.2) is 36.5 Å². The van der Waals surface area contributed by atoms with Crippen LogP contribution in [0.5, 0.6) is 0 Å². The van der Waals surface area contributed by atoms with E-state index in [0.717, 1.165) is 35.2 Å². The number of benzene rings is 1. The highest BCUT2D eigenvalue weighted by molar-refractivity contribution is 5.99. The molecule has 3 heterocycles. The first-order valence-corrected chi connectivity index (χ1v) is 11.7. The molecule has 1 aromatic carbocycles. The van der Waals surface area contributed by atoms with Crippen LogP contribution >= 0.6 is 0 Å². The minimum atomic E-state index is -4.50. The van der Waals surface area contributed by atoms with Gasteiger partial charge in [0.1, 0.15) is 5.82 Å². The van der Waals surface area contributed by atoms with Crippen LogP contribution in [0.2, 0.25) is 0 Å². The van der Waals surface area contributed by atoms with Crippen molar-refractivity contribution in [2.45, 2.75) is 57.7 Å². The van der Waals surface area contributed by atoms with E-state index >= 15 is 0 Å². The number of amides is 1. The summed E-state index contributed by atoms with van der Waals surface area (Å²) < 4.78 is 44.7. The lowest BCUT2D eigenvalue weighted by molar-refractivity contribution is -0.137. The molecule has 1 amide bonds. The van der Waals surface area contributed by atoms with Gasteiger partial charge >= 0.3 is 6.18 Å². The highest BCUT2D eigenvalue weighted by Crippen LogP contribution is 2.39. The number of alkyl halides is 3. The minimum Gasteiger partial charge on any atom is -0.383 e. The first-order valence-electron chi connectivity index (χ1n) is 11.7. The van der Waals surface area contributed by atoms with E-state index in [1.165, 1.54) is 6.07 Å². The number of carbonyl (C=O) groups excluding carboxylic acids is 1. The Labute approximate surface area is 205 Å². The molecule has 2 aromatic heterocycles. The van der Waals surface area contributed by atoms with Crippen LogP contribution in [0.25, 0.3) is 10.9 Å². The van der Waals surface area contributed by atoms with Gasteiger partial charge in [-0.05, 0) is 62.1 Å². The predicted octanol–water partition coefficient (Wildman–Crippen LogP) is 5.16. The van der Waals surface area contributed by atoms with Crippen molar-refractivity contribution in [1.29, 1.82) is 5.26 Å². The smallest absolute Gasteiger partial charge is 0.383 e. The third-order valence-electron chi connectivity index (χ3n) is 7.09. The molecule has 3 aromatic rings. The number of aromatic nitrogens is 2. The summed E-state index contributed by atoms with van der Waals surface area (Å²) in [4.78, 5) is 23.8. The predicted molar refractivity (Wildman–Crippen MR) is 125 cm³/mol. The Morgan fingerprint density at radius 1 is 1.28 bits per heavy atom. The summed E-state index contributed by atoms with van der Waals surface area (Å²) in [6.45, 7) is 2.25. The number of nitriles is 1. The molecule has 0 spiro atoms. The molecular weight excluding hydrogens is 471 g/mol. The Hall–Kier alpha value is -3.71. The monoisotopic (exact) mass is 495 g/mol. The maximum absolute atomic E-state index is 13.8. The maximum atomic E-state index is 13.8. The zero-order valence-electron chi connectivity index (χ0n) is 19.5. The number of rotatable bonds is 4. The van der Waals surface area contributed by atoms with Crippen molar-refractivity contribution in [3.63, 3.8) is 0 Å². The normalized spacial score (nSPS) is 21.4. The standard InChI is InChI=1S/C26H24F3N5O2/c1-14-23-20(13-36-14)19-9-15(5-8-21(19)33-24(23)31)25(35)34(22-4-2-3-16(22)10-30)12-18-7-6-17(11-32-18)26(27,28)29/h5-9,11,14,16,22H,2-4,12-13H2,1H3,(H2,31,33)/t14-,16+,22-/m1/s1. The molecular formula is C26H24F3N5O2. The Morgan fingerprint density at radius 2 is 2.08 bits per heavy atom. The van der Waals surface area contributed by atoms with Crippen molar-refractivity contribution in [3.05, 3.63) is 64.5 Å². The van der Waals surface area contributed by atoms with E-state index < -0.39 is 11.7 Å². The number of ether oxygens (including phenoxy) is 1. The van der Waals surface area contributed by atoms with E-state index in [1.54, 1.807) is 23.1 Å². The van der Waals surface area contributed by atoms with E-state index in [4.69, 9.17) is 10.5 Å². The van der Waals surface area contributed by atoms with Gasteiger partial charge in [-0.15, -0.1) is 0 Å². The molecule has 5 rings (SSSR count). The lowest BCUT2D eigenvalue weighted by atomic mass is 9.98. The molecule has 3 atom stereocenters. The van der Waals surface area contributed by atoms with Crippen molar-refractivity contribution in [2.75, 3.05) is 5.73 Å². The molecule has 1 aliphatic heterocycles. The largest absolute Gasteiger partial charge is 0.417 e. The summed E-state index contributed by atoms with van der Waals surface area (Å²) in [5, 5.41) is 10.4. The highest BCUT2D eigenvalue weighted by atomic mass is 19.4.